The van der Waals surface area contributed by atoms with Crippen LogP contribution >= 0.6 is 8.53 Å². The van der Waals surface area contributed by atoms with E-state index in [0.717, 1.165) is 0 Å². The molecule has 4 aromatic rings. The Morgan fingerprint density at radius 1 is 1.05 bits per heavy atom. The maximum atomic E-state index is 13.9. The molecule has 1 aliphatic heterocycles. The first-order valence-electron chi connectivity index (χ1n) is 19.0. The number of carbonyl (C=O) groups is 2. The summed E-state index contributed by atoms with van der Waals surface area (Å²) in [7, 11) is 1.19. The molecular formula is C40H52N7O10P. The van der Waals surface area contributed by atoms with Crippen LogP contribution < -0.4 is 20.8 Å². The van der Waals surface area contributed by atoms with Crippen molar-refractivity contribution in [2.24, 2.45) is 5.92 Å². The van der Waals surface area contributed by atoms with Crippen LogP contribution in [0, 0.1) is 17.2 Å². The first kappa shape index (κ1) is 44.0. The molecule has 1 fully saturated rings. The predicted octanol–water partition coefficient (Wildman–Crippen LogP) is 6.57. The molecule has 0 radical (unpaired) electrons. The third-order valence-electron chi connectivity index (χ3n) is 9.19. The van der Waals surface area contributed by atoms with Crippen molar-refractivity contribution in [3.8, 4) is 17.6 Å². The fourth-order valence-electron chi connectivity index (χ4n) is 6.60. The molecule has 17 nitrogen and oxygen atoms in total. The van der Waals surface area contributed by atoms with E-state index in [9.17, 15) is 19.6 Å². The number of hydrogen-bond donors (Lipinski definition) is 1. The Kier molecular flexibility index (Phi) is 15.2. The molecule has 0 bridgehead atoms. The Bertz CT molecular complexity index is 2090. The number of ether oxygens (including phenoxy) is 5. The van der Waals surface area contributed by atoms with Gasteiger partial charge in [0.25, 0.3) is 14.1 Å². The summed E-state index contributed by atoms with van der Waals surface area (Å²) in [4.78, 5) is 49.8. The molecule has 18 heteroatoms. The second-order valence-corrected chi connectivity index (χ2v) is 16.0. The Labute approximate surface area is 338 Å². The molecule has 58 heavy (non-hydrogen) atoms. The number of anilines is 1. The number of nitriles is 1. The van der Waals surface area contributed by atoms with Gasteiger partial charge in [-0.2, -0.15) is 10.2 Å². The van der Waals surface area contributed by atoms with Crippen molar-refractivity contribution >= 4 is 37.6 Å². The van der Waals surface area contributed by atoms with Crippen molar-refractivity contribution in [2.45, 2.75) is 97.6 Å². The van der Waals surface area contributed by atoms with Gasteiger partial charge < -0.3 is 38.5 Å². The number of methoxy groups -OCH3 is 2. The van der Waals surface area contributed by atoms with Gasteiger partial charge >= 0.3 is 6.16 Å². The third-order valence-corrected chi connectivity index (χ3v) is 11.3. The third kappa shape index (κ3) is 10.5. The fourth-order valence-corrected chi connectivity index (χ4v) is 8.36. The number of nitrogens with two attached hydrogens (primary N) is 1. The van der Waals surface area contributed by atoms with Crippen molar-refractivity contribution in [3.63, 3.8) is 0 Å². The van der Waals surface area contributed by atoms with Crippen molar-refractivity contribution < 1.29 is 42.3 Å². The molecule has 1 saturated heterocycles. The molecule has 2 unspecified atom stereocenters. The molecule has 0 saturated carbocycles. The Morgan fingerprint density at radius 3 is 2.33 bits per heavy atom. The van der Waals surface area contributed by atoms with Crippen LogP contribution in [0.1, 0.15) is 82.6 Å². The maximum Gasteiger partial charge on any atom is 0.509 e. The molecule has 5 atom stereocenters. The van der Waals surface area contributed by atoms with Gasteiger partial charge in [-0.3, -0.25) is 18.7 Å². The largest absolute Gasteiger partial charge is 0.509 e. The highest BCUT2D eigenvalue weighted by Crippen LogP contribution is 2.50. The molecule has 0 amide bonds. The number of rotatable bonds is 19. The fraction of sp³-hybridized carbons (Fsp3) is 0.500. The monoisotopic (exact) mass is 821 g/mol. The van der Waals surface area contributed by atoms with Gasteiger partial charge in [-0.15, -0.1) is 0 Å². The lowest BCUT2D eigenvalue weighted by atomic mass is 9.99. The highest BCUT2D eigenvalue weighted by molar-refractivity contribution is 7.44. The minimum atomic E-state index is -1.75. The van der Waals surface area contributed by atoms with E-state index in [4.69, 9.17) is 38.5 Å². The van der Waals surface area contributed by atoms with Crippen molar-refractivity contribution in [3.05, 3.63) is 76.3 Å². The first-order chi connectivity index (χ1) is 27.8. The minimum Gasteiger partial charge on any atom is -0.497 e. The molecule has 2 aromatic heterocycles. The average molecular weight is 822 g/mol. The number of imidazole rings is 1. The van der Waals surface area contributed by atoms with E-state index >= 15 is 0 Å². The summed E-state index contributed by atoms with van der Waals surface area (Å²) in [6.45, 7) is 12.1. The number of hydrogen-bond acceptors (Lipinski definition) is 15. The summed E-state index contributed by atoms with van der Waals surface area (Å²) < 4.78 is 46.8. The van der Waals surface area contributed by atoms with Crippen molar-refractivity contribution in [1.29, 1.82) is 5.26 Å². The zero-order chi connectivity index (χ0) is 42.1. The van der Waals surface area contributed by atoms with Gasteiger partial charge in [0.2, 0.25) is 11.7 Å². The van der Waals surface area contributed by atoms with E-state index in [1.54, 1.807) is 53.1 Å². The molecule has 3 heterocycles. The lowest BCUT2D eigenvalue weighted by Crippen LogP contribution is -2.37. The summed E-state index contributed by atoms with van der Waals surface area (Å²) in [6, 6.07) is 15.3. The van der Waals surface area contributed by atoms with Crippen LogP contribution in [0.15, 0.2) is 59.7 Å². The molecule has 0 aliphatic carbocycles. The van der Waals surface area contributed by atoms with Crippen LogP contribution in [-0.4, -0.2) is 87.4 Å². The van der Waals surface area contributed by atoms with Crippen molar-refractivity contribution in [1.82, 2.24) is 23.8 Å². The van der Waals surface area contributed by atoms with E-state index in [1.807, 2.05) is 41.5 Å². The average Bonchev–Trinajstić information content (AvgIpc) is 3.80. The Hall–Kier alpha value is -5.11. The summed E-state index contributed by atoms with van der Waals surface area (Å²) in [5.74, 6) is 0.440. The van der Waals surface area contributed by atoms with Crippen LogP contribution in [0.4, 0.5) is 10.7 Å². The summed E-state index contributed by atoms with van der Waals surface area (Å²) in [5, 5.41) is 9.26. The normalized spacial score (nSPS) is 17.8. The molecule has 5 rings (SSSR count). The number of nitrogens with zero attached hydrogens (tertiary/aromatic N) is 6. The number of Topliss-reactive ketones (excluding diaryl/α,β-unsaturated/α-hetero) is 1. The lowest BCUT2D eigenvalue weighted by molar-refractivity contribution is -0.0581. The van der Waals surface area contributed by atoms with Gasteiger partial charge in [0.15, 0.2) is 17.3 Å². The van der Waals surface area contributed by atoms with Crippen molar-refractivity contribution in [2.75, 3.05) is 33.2 Å². The molecule has 312 valence electrons. The lowest BCUT2D eigenvalue weighted by Gasteiger charge is -2.37. The molecule has 1 aliphatic rings. The van der Waals surface area contributed by atoms with Gasteiger partial charge in [-0.1, -0.05) is 44.2 Å². The van der Waals surface area contributed by atoms with Gasteiger partial charge in [0, 0.05) is 42.2 Å². The van der Waals surface area contributed by atoms with Gasteiger partial charge in [0.05, 0.1) is 45.7 Å². The Morgan fingerprint density at radius 2 is 1.72 bits per heavy atom. The van der Waals surface area contributed by atoms with E-state index in [2.05, 4.69) is 20.7 Å². The number of ketones is 1. The second kappa shape index (κ2) is 20.0. The summed E-state index contributed by atoms with van der Waals surface area (Å²) in [5.41, 5.74) is 6.85. The van der Waals surface area contributed by atoms with Crippen LogP contribution in [0.25, 0.3) is 11.2 Å². The first-order valence-corrected chi connectivity index (χ1v) is 20.2. The SMILES string of the molecule is COc1cc(OC)cc(C(OC(=O)OC[C@H]2O[C@@H](n3cnc4c(=O)n(CC(C)C)c(N)nc43)C[C@@H]2OP(OCCC#N)N(C(C)C)C(C)C)C(=O)c2ccccc2)c1. The molecule has 2 N–H and O–H groups in total. The Balaban J connectivity index is 1.45. The van der Waals surface area contributed by atoms with E-state index in [1.165, 1.54) is 25.1 Å². The summed E-state index contributed by atoms with van der Waals surface area (Å²) >= 11 is 0. The number of benzene rings is 2. The van der Waals surface area contributed by atoms with Crippen LogP contribution in [0.3, 0.4) is 0 Å². The van der Waals surface area contributed by atoms with Crippen LogP contribution in [0.5, 0.6) is 11.5 Å². The minimum absolute atomic E-state index is 0.00286. The van der Waals surface area contributed by atoms with Crippen LogP contribution in [0.2, 0.25) is 0 Å². The smallest absolute Gasteiger partial charge is 0.497 e. The topological polar surface area (TPSA) is 205 Å². The number of nitrogen functional groups attached to an aromatic ring is 1. The zero-order valence-corrected chi connectivity index (χ0v) is 35.0. The molecule has 0 spiro atoms. The number of aromatic nitrogens is 4. The zero-order valence-electron chi connectivity index (χ0n) is 34.1. The predicted molar refractivity (Wildman–Crippen MR) is 215 cm³/mol. The van der Waals surface area contributed by atoms with E-state index < -0.39 is 45.0 Å². The maximum absolute atomic E-state index is 13.9. The van der Waals surface area contributed by atoms with Crippen LogP contribution in [-0.2, 0) is 29.8 Å². The standard InChI is InChI=1S/C40H52N7O10P/c1-24(2)21-45-38(49)34-37(44-39(45)42)46(23-43-34)33-20-31(57-58(54-16-12-15-41)47(25(3)4)26(5)6)32(55-33)22-53-40(50)56-36(35(48)27-13-10-9-11-14-27)28-17-29(51-7)19-30(18-28)52-8/h9-11,13-14,17-19,23-26,31-33,36H,12,16,20-22H2,1-8H3,(H2,42,44)/t31-,32+,33+,36?,58?/m0/s1. The number of fused-ring (bicyclic) bond motifs is 1. The van der Waals surface area contributed by atoms with Gasteiger partial charge in [-0.05, 0) is 45.7 Å². The van der Waals surface area contributed by atoms with E-state index in [-0.39, 0.29) is 66.7 Å². The molecule has 2 aromatic carbocycles. The second-order valence-electron chi connectivity index (χ2n) is 14.6. The van der Waals surface area contributed by atoms with Gasteiger partial charge in [-0.25, -0.2) is 14.4 Å². The quantitative estimate of drug-likeness (QED) is 0.0459. The molecular weight excluding hydrogens is 769 g/mol. The van der Waals surface area contributed by atoms with Gasteiger partial charge in [0.1, 0.15) is 30.4 Å². The van der Waals surface area contributed by atoms with E-state index in [0.29, 0.717) is 29.2 Å². The highest BCUT2D eigenvalue weighted by Gasteiger charge is 2.43. The summed E-state index contributed by atoms with van der Waals surface area (Å²) in [6.07, 6.45) is -3.19. The number of carbonyl (C=O) groups excluding carboxylic acids is 2. The highest BCUT2D eigenvalue weighted by atomic mass is 31.2.